The lowest BCUT2D eigenvalue weighted by atomic mass is 10.0. The summed E-state index contributed by atoms with van der Waals surface area (Å²) < 4.78 is 11.6. The zero-order valence-corrected chi connectivity index (χ0v) is 18.3. The van der Waals surface area contributed by atoms with Gasteiger partial charge in [0.15, 0.2) is 0 Å². The van der Waals surface area contributed by atoms with E-state index in [0.717, 1.165) is 46.6 Å². The van der Waals surface area contributed by atoms with Gasteiger partial charge >= 0.3 is 0 Å². The molecule has 3 rings (SSSR count). The van der Waals surface area contributed by atoms with Crippen LogP contribution in [-0.2, 0) is 0 Å². The van der Waals surface area contributed by atoms with Gasteiger partial charge in [-0.05, 0) is 55.1 Å². The van der Waals surface area contributed by atoms with Crippen molar-refractivity contribution < 1.29 is 9.47 Å². The van der Waals surface area contributed by atoms with Crippen molar-refractivity contribution in [3.8, 4) is 11.5 Å². The van der Waals surface area contributed by atoms with Crippen LogP contribution in [0.2, 0.25) is 0 Å². The van der Waals surface area contributed by atoms with Crippen molar-refractivity contribution in [2.75, 3.05) is 13.2 Å². The highest BCUT2D eigenvalue weighted by atomic mass is 16.5. The summed E-state index contributed by atoms with van der Waals surface area (Å²) in [6.45, 7) is 5.68. The Bertz CT molecular complexity index is 931. The molecule has 3 nitrogen and oxygen atoms in total. The largest absolute Gasteiger partial charge is 0.494 e. The molecule has 0 aliphatic heterocycles. The molecule has 0 saturated carbocycles. The molecule has 0 unspecified atom stereocenters. The second-order valence-corrected chi connectivity index (χ2v) is 7.50. The van der Waals surface area contributed by atoms with Gasteiger partial charge in [-0.3, -0.25) is 4.99 Å². The molecule has 0 aliphatic rings. The Hall–Kier alpha value is -2.81. The number of ether oxygens (including phenoxy) is 2. The first kappa shape index (κ1) is 21.9. The summed E-state index contributed by atoms with van der Waals surface area (Å²) >= 11 is 0. The Morgan fingerprint density at radius 2 is 1.47 bits per heavy atom. The normalized spacial score (nSPS) is 11.3. The molecule has 0 N–H and O–H groups in total. The van der Waals surface area contributed by atoms with E-state index in [0.29, 0.717) is 6.61 Å². The van der Waals surface area contributed by atoms with E-state index in [-0.39, 0.29) is 0 Å². The third-order valence-corrected chi connectivity index (χ3v) is 5.17. The summed E-state index contributed by atoms with van der Waals surface area (Å²) in [7, 11) is 0. The fraction of sp³-hybridized carbons (Fsp3) is 0.370. The molecular formula is C27H33NO2. The third-order valence-electron chi connectivity index (χ3n) is 5.17. The zero-order valence-electron chi connectivity index (χ0n) is 18.3. The molecule has 0 saturated heterocycles. The smallest absolute Gasteiger partial charge is 0.127 e. The van der Waals surface area contributed by atoms with Crippen molar-refractivity contribution >= 4 is 22.7 Å². The van der Waals surface area contributed by atoms with Crippen molar-refractivity contribution in [3.63, 3.8) is 0 Å². The standard InChI is InChI=1S/C27H33NO2/c1-3-5-6-7-8-11-20-30-27-19-14-22(25-12-9-10-13-26(25)27)21-28-23-15-17-24(18-16-23)29-4-2/h9-10,12-19,21H,3-8,11,20H2,1-2H3. The minimum atomic E-state index is 0.669. The van der Waals surface area contributed by atoms with Gasteiger partial charge in [0.2, 0.25) is 0 Å². The Balaban J connectivity index is 1.66. The van der Waals surface area contributed by atoms with Crippen molar-refractivity contribution in [2.24, 2.45) is 4.99 Å². The van der Waals surface area contributed by atoms with E-state index in [2.05, 4.69) is 48.3 Å². The number of unbranched alkanes of at least 4 members (excludes halogenated alkanes) is 5. The molecular weight excluding hydrogens is 370 g/mol. The Morgan fingerprint density at radius 3 is 2.23 bits per heavy atom. The highest BCUT2D eigenvalue weighted by molar-refractivity contribution is 6.02. The first-order valence-electron chi connectivity index (χ1n) is 11.2. The van der Waals surface area contributed by atoms with E-state index in [1.54, 1.807) is 0 Å². The monoisotopic (exact) mass is 403 g/mol. The lowest BCUT2D eigenvalue weighted by Gasteiger charge is -2.11. The van der Waals surface area contributed by atoms with Gasteiger partial charge in [-0.2, -0.15) is 0 Å². The topological polar surface area (TPSA) is 30.8 Å². The van der Waals surface area contributed by atoms with Crippen LogP contribution < -0.4 is 9.47 Å². The van der Waals surface area contributed by atoms with Crippen LogP contribution in [0.1, 0.15) is 57.9 Å². The summed E-state index contributed by atoms with van der Waals surface area (Å²) in [5.41, 5.74) is 2.00. The second kappa shape index (κ2) is 12.0. The maximum Gasteiger partial charge on any atom is 0.127 e. The van der Waals surface area contributed by atoms with Crippen molar-refractivity contribution in [2.45, 2.75) is 52.4 Å². The molecule has 0 spiro atoms. The second-order valence-electron chi connectivity index (χ2n) is 7.50. The van der Waals surface area contributed by atoms with Gasteiger partial charge in [0, 0.05) is 17.2 Å². The number of hydrogen-bond donors (Lipinski definition) is 0. The molecule has 0 bridgehead atoms. The molecule has 0 aromatic heterocycles. The number of nitrogens with zero attached hydrogens (tertiary/aromatic N) is 1. The van der Waals surface area contributed by atoms with Crippen LogP contribution in [0, 0.1) is 0 Å². The Labute approximate surface area is 180 Å². The fourth-order valence-corrected chi connectivity index (χ4v) is 3.54. The fourth-order valence-electron chi connectivity index (χ4n) is 3.54. The molecule has 0 radical (unpaired) electrons. The van der Waals surface area contributed by atoms with Gasteiger partial charge in [-0.1, -0.05) is 63.3 Å². The Kier molecular flexibility index (Phi) is 8.77. The Morgan fingerprint density at radius 1 is 0.733 bits per heavy atom. The lowest BCUT2D eigenvalue weighted by molar-refractivity contribution is 0.308. The van der Waals surface area contributed by atoms with Crippen molar-refractivity contribution in [3.05, 3.63) is 66.2 Å². The number of aliphatic imine (C=N–C) groups is 1. The minimum absolute atomic E-state index is 0.669. The average Bonchev–Trinajstić information content (AvgIpc) is 2.79. The van der Waals surface area contributed by atoms with E-state index in [9.17, 15) is 0 Å². The maximum atomic E-state index is 6.12. The minimum Gasteiger partial charge on any atom is -0.494 e. The molecule has 0 fully saturated rings. The first-order chi connectivity index (χ1) is 14.8. The van der Waals surface area contributed by atoms with Gasteiger partial charge in [-0.15, -0.1) is 0 Å². The lowest BCUT2D eigenvalue weighted by Crippen LogP contribution is -1.99. The number of hydrogen-bond acceptors (Lipinski definition) is 3. The van der Waals surface area contributed by atoms with Crippen LogP contribution in [0.5, 0.6) is 11.5 Å². The van der Waals surface area contributed by atoms with Gasteiger partial charge in [0.25, 0.3) is 0 Å². The van der Waals surface area contributed by atoms with Crippen LogP contribution in [0.15, 0.2) is 65.7 Å². The summed E-state index contributed by atoms with van der Waals surface area (Å²) in [6.07, 6.45) is 9.54. The molecule has 0 aliphatic carbocycles. The molecule has 30 heavy (non-hydrogen) atoms. The van der Waals surface area contributed by atoms with E-state index >= 15 is 0 Å². The third kappa shape index (κ3) is 6.35. The molecule has 0 heterocycles. The van der Waals surface area contributed by atoms with E-state index in [4.69, 9.17) is 9.47 Å². The van der Waals surface area contributed by atoms with Crippen molar-refractivity contribution in [1.29, 1.82) is 0 Å². The van der Waals surface area contributed by atoms with E-state index < -0.39 is 0 Å². The zero-order chi connectivity index (χ0) is 21.0. The predicted molar refractivity (Wildman–Crippen MR) is 128 cm³/mol. The van der Waals surface area contributed by atoms with Crippen LogP contribution in [-0.4, -0.2) is 19.4 Å². The molecule has 3 aromatic carbocycles. The molecule has 3 aromatic rings. The predicted octanol–water partition coefficient (Wildman–Crippen LogP) is 7.73. The quantitative estimate of drug-likeness (QED) is 0.229. The molecule has 0 amide bonds. The summed E-state index contributed by atoms with van der Waals surface area (Å²) in [4.78, 5) is 4.65. The number of fused-ring (bicyclic) bond motifs is 1. The van der Waals surface area contributed by atoms with Gasteiger partial charge < -0.3 is 9.47 Å². The highest BCUT2D eigenvalue weighted by Crippen LogP contribution is 2.28. The van der Waals surface area contributed by atoms with Crippen molar-refractivity contribution in [1.82, 2.24) is 0 Å². The summed E-state index contributed by atoms with van der Waals surface area (Å²) in [6, 6.07) is 20.4. The van der Waals surface area contributed by atoms with Crippen LogP contribution in [0.4, 0.5) is 5.69 Å². The first-order valence-corrected chi connectivity index (χ1v) is 11.2. The number of benzene rings is 3. The van der Waals surface area contributed by atoms with Crippen LogP contribution >= 0.6 is 0 Å². The van der Waals surface area contributed by atoms with E-state index in [1.807, 2.05) is 37.4 Å². The van der Waals surface area contributed by atoms with Crippen LogP contribution in [0.25, 0.3) is 10.8 Å². The van der Waals surface area contributed by atoms with Gasteiger partial charge in [-0.25, -0.2) is 0 Å². The SMILES string of the molecule is CCCCCCCCOc1ccc(C=Nc2ccc(OCC)cc2)c2ccccc12. The average molecular weight is 404 g/mol. The molecule has 3 heteroatoms. The number of rotatable bonds is 12. The van der Waals surface area contributed by atoms with Gasteiger partial charge in [0.1, 0.15) is 11.5 Å². The maximum absolute atomic E-state index is 6.12. The molecule has 158 valence electrons. The van der Waals surface area contributed by atoms with Crippen LogP contribution in [0.3, 0.4) is 0 Å². The summed E-state index contributed by atoms with van der Waals surface area (Å²) in [5, 5.41) is 2.30. The van der Waals surface area contributed by atoms with Gasteiger partial charge in [0.05, 0.1) is 18.9 Å². The van der Waals surface area contributed by atoms with E-state index in [1.165, 1.54) is 32.1 Å². The molecule has 0 atom stereocenters. The summed E-state index contributed by atoms with van der Waals surface area (Å²) in [5.74, 6) is 1.83. The highest BCUT2D eigenvalue weighted by Gasteiger charge is 2.06.